The van der Waals surface area contributed by atoms with Crippen molar-refractivity contribution in [2.24, 2.45) is 0 Å². The van der Waals surface area contributed by atoms with Gasteiger partial charge in [0, 0.05) is 25.2 Å². The van der Waals surface area contributed by atoms with Gasteiger partial charge in [0.05, 0.1) is 17.4 Å². The highest BCUT2D eigenvalue weighted by atomic mass is 16.2. The van der Waals surface area contributed by atoms with Gasteiger partial charge >= 0.3 is 0 Å². The molecule has 1 aliphatic heterocycles. The van der Waals surface area contributed by atoms with Crippen molar-refractivity contribution in [3.63, 3.8) is 0 Å². The molecule has 0 bridgehead atoms. The van der Waals surface area contributed by atoms with E-state index < -0.39 is 0 Å². The third-order valence-electron chi connectivity index (χ3n) is 4.17. The van der Waals surface area contributed by atoms with Crippen molar-refractivity contribution < 1.29 is 4.79 Å². The minimum Gasteiger partial charge on any atom is -0.345 e. The van der Waals surface area contributed by atoms with Crippen LogP contribution < -0.4 is 0 Å². The van der Waals surface area contributed by atoms with Crippen LogP contribution in [0.15, 0.2) is 24.5 Å². The van der Waals surface area contributed by atoms with E-state index in [1.165, 1.54) is 12.8 Å². The molecule has 3 rings (SSSR count). The Bertz CT molecular complexity index is 621. The molecule has 1 unspecified atom stereocenters. The van der Waals surface area contributed by atoms with Crippen LogP contribution in [-0.2, 0) is 0 Å². The summed E-state index contributed by atoms with van der Waals surface area (Å²) in [6, 6.07) is 6.09. The average molecular weight is 272 g/mol. The number of fused-ring (bicyclic) bond motifs is 1. The summed E-state index contributed by atoms with van der Waals surface area (Å²) in [5, 5.41) is 0. The fraction of sp³-hybridized carbons (Fsp3) is 0.467. The minimum atomic E-state index is 0.0711. The topological polar surface area (TPSA) is 52.2 Å². The summed E-state index contributed by atoms with van der Waals surface area (Å²) in [5.74, 6) is 0.0711. The summed E-state index contributed by atoms with van der Waals surface area (Å²) in [4.78, 5) is 23.9. The van der Waals surface area contributed by atoms with Crippen molar-refractivity contribution in [3.8, 4) is 0 Å². The number of rotatable bonds is 3. The molecule has 1 fully saturated rings. The Morgan fingerprint density at radius 1 is 1.55 bits per heavy atom. The first-order chi connectivity index (χ1) is 9.65. The van der Waals surface area contributed by atoms with Gasteiger partial charge in [-0.3, -0.25) is 4.79 Å². The Labute approximate surface area is 118 Å². The van der Waals surface area contributed by atoms with Crippen LogP contribution in [-0.4, -0.2) is 58.9 Å². The molecule has 106 valence electrons. The summed E-state index contributed by atoms with van der Waals surface area (Å²) in [6.45, 7) is 1.92. The van der Waals surface area contributed by atoms with E-state index in [4.69, 9.17) is 0 Å². The number of aromatic nitrogens is 2. The molecule has 5 nitrogen and oxygen atoms in total. The molecule has 0 spiro atoms. The quantitative estimate of drug-likeness (QED) is 0.925. The van der Waals surface area contributed by atoms with Crippen LogP contribution in [0.4, 0.5) is 0 Å². The van der Waals surface area contributed by atoms with Gasteiger partial charge in [-0.25, -0.2) is 4.98 Å². The van der Waals surface area contributed by atoms with Crippen molar-refractivity contribution in [1.82, 2.24) is 19.8 Å². The van der Waals surface area contributed by atoms with Crippen LogP contribution in [0.1, 0.15) is 23.2 Å². The molecule has 2 heterocycles. The van der Waals surface area contributed by atoms with Crippen molar-refractivity contribution >= 4 is 16.9 Å². The van der Waals surface area contributed by atoms with E-state index in [9.17, 15) is 4.79 Å². The number of nitrogens with zero attached hydrogens (tertiary/aromatic N) is 3. The number of hydrogen-bond acceptors (Lipinski definition) is 3. The third kappa shape index (κ3) is 2.41. The fourth-order valence-corrected chi connectivity index (χ4v) is 2.90. The van der Waals surface area contributed by atoms with E-state index in [0.717, 1.165) is 24.1 Å². The van der Waals surface area contributed by atoms with Crippen molar-refractivity contribution in [3.05, 3.63) is 30.1 Å². The lowest BCUT2D eigenvalue weighted by Crippen LogP contribution is -2.39. The number of likely N-dealkylation sites (N-methyl/N-ethyl adjacent to an activating group) is 2. The van der Waals surface area contributed by atoms with Gasteiger partial charge in [-0.2, -0.15) is 0 Å². The first-order valence-electron chi connectivity index (χ1n) is 7.04. The van der Waals surface area contributed by atoms with Crippen LogP contribution in [0.2, 0.25) is 0 Å². The summed E-state index contributed by atoms with van der Waals surface area (Å²) in [6.07, 6.45) is 4.05. The zero-order chi connectivity index (χ0) is 14.1. The van der Waals surface area contributed by atoms with E-state index >= 15 is 0 Å². The van der Waals surface area contributed by atoms with Gasteiger partial charge in [0.15, 0.2) is 0 Å². The molecule has 1 aliphatic rings. The Morgan fingerprint density at radius 3 is 3.15 bits per heavy atom. The second kappa shape index (κ2) is 5.25. The summed E-state index contributed by atoms with van der Waals surface area (Å²) < 4.78 is 0. The van der Waals surface area contributed by atoms with Gasteiger partial charge in [0.25, 0.3) is 5.91 Å². The molecule has 1 aromatic heterocycles. The van der Waals surface area contributed by atoms with E-state index in [1.54, 1.807) is 6.33 Å². The second-order valence-electron chi connectivity index (χ2n) is 5.60. The predicted molar refractivity (Wildman–Crippen MR) is 78.7 cm³/mol. The first kappa shape index (κ1) is 13.1. The fourth-order valence-electron chi connectivity index (χ4n) is 2.90. The number of hydrogen-bond donors (Lipinski definition) is 1. The van der Waals surface area contributed by atoms with Gasteiger partial charge in [-0.05, 0) is 44.6 Å². The maximum absolute atomic E-state index is 12.5. The normalized spacial score (nSPS) is 19.6. The SMILES string of the molecule is CN(CC1CCCN1C)C(=O)c1ccc2nc[nH]c2c1. The zero-order valence-corrected chi connectivity index (χ0v) is 12.0. The van der Waals surface area contributed by atoms with E-state index in [0.29, 0.717) is 11.6 Å². The summed E-state index contributed by atoms with van der Waals surface area (Å²) in [7, 11) is 4.01. The zero-order valence-electron chi connectivity index (χ0n) is 12.0. The molecule has 1 atom stereocenters. The molecule has 0 radical (unpaired) electrons. The summed E-state index contributed by atoms with van der Waals surface area (Å²) >= 11 is 0. The lowest BCUT2D eigenvalue weighted by molar-refractivity contribution is 0.0761. The number of carbonyl (C=O) groups excluding carboxylic acids is 1. The number of carbonyl (C=O) groups is 1. The lowest BCUT2D eigenvalue weighted by atomic mass is 10.1. The second-order valence-corrected chi connectivity index (χ2v) is 5.60. The highest BCUT2D eigenvalue weighted by Crippen LogP contribution is 2.17. The van der Waals surface area contributed by atoms with E-state index in [1.807, 2.05) is 30.1 Å². The number of nitrogens with one attached hydrogen (secondary N) is 1. The molecule has 0 saturated carbocycles. The average Bonchev–Trinajstić information content (AvgIpc) is 3.06. The molecule has 1 saturated heterocycles. The highest BCUT2D eigenvalue weighted by molar-refractivity contribution is 5.97. The molecule has 0 aliphatic carbocycles. The Morgan fingerprint density at radius 2 is 2.40 bits per heavy atom. The van der Waals surface area contributed by atoms with E-state index in [2.05, 4.69) is 21.9 Å². The largest absolute Gasteiger partial charge is 0.345 e. The van der Waals surface area contributed by atoms with Crippen LogP contribution in [0.3, 0.4) is 0 Å². The first-order valence-corrected chi connectivity index (χ1v) is 7.04. The number of H-pyrrole nitrogens is 1. The minimum absolute atomic E-state index is 0.0711. The third-order valence-corrected chi connectivity index (χ3v) is 4.17. The van der Waals surface area contributed by atoms with Crippen LogP contribution in [0, 0.1) is 0 Å². The van der Waals surface area contributed by atoms with Crippen molar-refractivity contribution in [2.45, 2.75) is 18.9 Å². The number of benzene rings is 1. The molecule has 20 heavy (non-hydrogen) atoms. The number of imidazole rings is 1. The standard InChI is InChI=1S/C15H20N4O/c1-18-7-3-4-12(18)9-19(2)15(20)11-5-6-13-14(8-11)17-10-16-13/h5-6,8,10,12H,3-4,7,9H2,1-2H3,(H,16,17). The smallest absolute Gasteiger partial charge is 0.253 e. The summed E-state index contributed by atoms with van der Waals surface area (Å²) in [5.41, 5.74) is 2.51. The lowest BCUT2D eigenvalue weighted by Gasteiger charge is -2.26. The van der Waals surface area contributed by atoms with Gasteiger partial charge < -0.3 is 14.8 Å². The maximum atomic E-state index is 12.5. The Hall–Kier alpha value is -1.88. The Balaban J connectivity index is 1.73. The molecular weight excluding hydrogens is 252 g/mol. The number of aromatic amines is 1. The maximum Gasteiger partial charge on any atom is 0.253 e. The van der Waals surface area contributed by atoms with Crippen LogP contribution >= 0.6 is 0 Å². The van der Waals surface area contributed by atoms with Crippen molar-refractivity contribution in [2.75, 3.05) is 27.2 Å². The van der Waals surface area contributed by atoms with E-state index in [-0.39, 0.29) is 5.91 Å². The number of likely N-dealkylation sites (tertiary alicyclic amines) is 1. The van der Waals surface area contributed by atoms with Crippen LogP contribution in [0.25, 0.3) is 11.0 Å². The van der Waals surface area contributed by atoms with Gasteiger partial charge in [-0.15, -0.1) is 0 Å². The van der Waals surface area contributed by atoms with Gasteiger partial charge in [0.1, 0.15) is 0 Å². The highest BCUT2D eigenvalue weighted by Gasteiger charge is 2.24. The molecule has 5 heteroatoms. The van der Waals surface area contributed by atoms with Gasteiger partial charge in [-0.1, -0.05) is 0 Å². The molecule has 1 N–H and O–H groups in total. The predicted octanol–water partition coefficient (Wildman–Crippen LogP) is 1.73. The monoisotopic (exact) mass is 272 g/mol. The molecule has 2 aromatic rings. The Kier molecular flexibility index (Phi) is 3.44. The molecule has 1 aromatic carbocycles. The molecule has 1 amide bonds. The van der Waals surface area contributed by atoms with Crippen molar-refractivity contribution in [1.29, 1.82) is 0 Å². The number of amides is 1. The van der Waals surface area contributed by atoms with Crippen LogP contribution in [0.5, 0.6) is 0 Å². The van der Waals surface area contributed by atoms with Gasteiger partial charge in [0.2, 0.25) is 0 Å². The molecular formula is C15H20N4O.